The van der Waals surface area contributed by atoms with Gasteiger partial charge in [0.25, 0.3) is 0 Å². The Morgan fingerprint density at radius 1 is 1.21 bits per heavy atom. The molecule has 1 amide bonds. The van der Waals surface area contributed by atoms with Crippen LogP contribution in [0.2, 0.25) is 0 Å². The number of Topliss-reactive ketones (excluding diaryl/α,β-unsaturated/α-hetero) is 2. The molecule has 5 nitrogen and oxygen atoms in total. The van der Waals surface area contributed by atoms with E-state index in [0.717, 1.165) is 0 Å². The summed E-state index contributed by atoms with van der Waals surface area (Å²) in [6.45, 7) is 5.46. The largest absolute Gasteiger partial charge is 0.445 e. The number of nitrogens with two attached hydrogens (primary N) is 1. The van der Waals surface area contributed by atoms with Crippen LogP contribution in [0.1, 0.15) is 27.7 Å². The topological polar surface area (TPSA) is 86.5 Å². The third-order valence-corrected chi connectivity index (χ3v) is 2.57. The summed E-state index contributed by atoms with van der Waals surface area (Å²) in [7, 11) is 0. The Balaban J connectivity index is 4.92. The van der Waals surface area contributed by atoms with Gasteiger partial charge in [-0.1, -0.05) is 0 Å². The second kappa shape index (κ2) is 4.21. The van der Waals surface area contributed by atoms with Crippen LogP contribution >= 0.6 is 0 Å². The molecule has 14 heavy (non-hydrogen) atoms. The van der Waals surface area contributed by atoms with Crippen molar-refractivity contribution in [3.63, 3.8) is 0 Å². The van der Waals surface area contributed by atoms with Crippen LogP contribution in [0.15, 0.2) is 0 Å². The second-order valence-electron chi connectivity index (χ2n) is 3.39. The van der Waals surface area contributed by atoms with Crippen LogP contribution in [0, 0.1) is 5.41 Å². The number of carbonyl (C=O) groups excluding carboxylic acids is 3. The SMILES string of the molecule is CC(=O)C(C)(C(C)=O)C(C)OC(N)=O. The smallest absolute Gasteiger partial charge is 0.404 e. The second-order valence-corrected chi connectivity index (χ2v) is 3.39. The average molecular weight is 201 g/mol. The van der Waals surface area contributed by atoms with Gasteiger partial charge < -0.3 is 10.5 Å². The number of hydrogen-bond donors (Lipinski definition) is 1. The molecule has 0 saturated carbocycles. The van der Waals surface area contributed by atoms with Gasteiger partial charge in [-0.25, -0.2) is 4.79 Å². The first-order chi connectivity index (χ1) is 6.22. The van der Waals surface area contributed by atoms with Crippen molar-refractivity contribution in [1.82, 2.24) is 0 Å². The van der Waals surface area contributed by atoms with Gasteiger partial charge in [0.2, 0.25) is 0 Å². The number of carbonyl (C=O) groups is 3. The molecule has 0 rings (SSSR count). The Kier molecular flexibility index (Phi) is 3.80. The van der Waals surface area contributed by atoms with Crippen LogP contribution in [0.5, 0.6) is 0 Å². The van der Waals surface area contributed by atoms with Crippen LogP contribution in [0.25, 0.3) is 0 Å². The minimum absolute atomic E-state index is 0.348. The van der Waals surface area contributed by atoms with Gasteiger partial charge in [0, 0.05) is 0 Å². The maximum Gasteiger partial charge on any atom is 0.404 e. The van der Waals surface area contributed by atoms with Crippen molar-refractivity contribution in [3.05, 3.63) is 0 Å². The number of primary amides is 1. The summed E-state index contributed by atoms with van der Waals surface area (Å²) in [5.74, 6) is -0.697. The molecule has 5 heteroatoms. The molecule has 0 heterocycles. The van der Waals surface area contributed by atoms with Crippen molar-refractivity contribution in [1.29, 1.82) is 0 Å². The van der Waals surface area contributed by atoms with E-state index in [1.165, 1.54) is 27.7 Å². The lowest BCUT2D eigenvalue weighted by Gasteiger charge is -2.29. The molecule has 0 spiro atoms. The molecule has 1 atom stereocenters. The third-order valence-electron chi connectivity index (χ3n) is 2.57. The predicted molar refractivity (Wildman–Crippen MR) is 49.6 cm³/mol. The minimum atomic E-state index is -1.31. The van der Waals surface area contributed by atoms with Crippen LogP contribution in [-0.4, -0.2) is 23.8 Å². The first-order valence-corrected chi connectivity index (χ1v) is 4.21. The number of ketones is 2. The minimum Gasteiger partial charge on any atom is -0.445 e. The van der Waals surface area contributed by atoms with Gasteiger partial charge in [0.15, 0.2) is 0 Å². The van der Waals surface area contributed by atoms with E-state index in [1.807, 2.05) is 0 Å². The molecule has 0 fully saturated rings. The molecule has 1 unspecified atom stereocenters. The molecule has 80 valence electrons. The zero-order chi connectivity index (χ0) is 11.5. The van der Waals surface area contributed by atoms with Crippen LogP contribution in [0.4, 0.5) is 4.79 Å². The molecule has 0 aromatic rings. The summed E-state index contributed by atoms with van der Waals surface area (Å²) in [4.78, 5) is 33.0. The molecule has 0 aliphatic carbocycles. The van der Waals surface area contributed by atoms with Crippen LogP contribution in [-0.2, 0) is 14.3 Å². The summed E-state index contributed by atoms with van der Waals surface area (Å²) in [5.41, 5.74) is 3.50. The van der Waals surface area contributed by atoms with E-state index >= 15 is 0 Å². The number of rotatable bonds is 4. The van der Waals surface area contributed by atoms with E-state index < -0.39 is 17.6 Å². The third kappa shape index (κ3) is 2.31. The lowest BCUT2D eigenvalue weighted by Crippen LogP contribution is -2.45. The van der Waals surface area contributed by atoms with Gasteiger partial charge in [-0.05, 0) is 27.7 Å². The monoisotopic (exact) mass is 201 g/mol. The average Bonchev–Trinajstić information content (AvgIpc) is 2.00. The summed E-state index contributed by atoms with van der Waals surface area (Å²) in [5, 5.41) is 0. The highest BCUT2D eigenvalue weighted by Crippen LogP contribution is 2.26. The molecule has 0 aromatic carbocycles. The van der Waals surface area contributed by atoms with Crippen LogP contribution < -0.4 is 5.73 Å². The molecule has 0 aliphatic heterocycles. The lowest BCUT2D eigenvalue weighted by atomic mass is 9.78. The zero-order valence-electron chi connectivity index (χ0n) is 8.79. The predicted octanol–water partition coefficient (Wildman–Crippen LogP) is 0.655. The van der Waals surface area contributed by atoms with Gasteiger partial charge in [-0.2, -0.15) is 0 Å². The van der Waals surface area contributed by atoms with E-state index in [0.29, 0.717) is 0 Å². The van der Waals surface area contributed by atoms with E-state index in [1.54, 1.807) is 0 Å². The Hall–Kier alpha value is -1.39. The molecule has 0 bridgehead atoms. The molecule has 2 N–H and O–H groups in total. The van der Waals surface area contributed by atoms with Crippen molar-refractivity contribution in [2.24, 2.45) is 11.1 Å². The highest BCUT2D eigenvalue weighted by atomic mass is 16.6. The highest BCUT2D eigenvalue weighted by Gasteiger charge is 2.42. The number of ether oxygens (including phenoxy) is 1. The Bertz CT molecular complexity index is 258. The zero-order valence-corrected chi connectivity index (χ0v) is 8.79. The Labute approximate surface area is 82.6 Å². The molecular weight excluding hydrogens is 186 g/mol. The summed E-state index contributed by atoms with van der Waals surface area (Å²) < 4.78 is 4.64. The van der Waals surface area contributed by atoms with E-state index in [4.69, 9.17) is 5.73 Å². The van der Waals surface area contributed by atoms with E-state index in [-0.39, 0.29) is 11.6 Å². The summed E-state index contributed by atoms with van der Waals surface area (Å²) in [6, 6.07) is 0. The van der Waals surface area contributed by atoms with Crippen molar-refractivity contribution >= 4 is 17.7 Å². The summed E-state index contributed by atoms with van der Waals surface area (Å²) in [6.07, 6.45) is -1.85. The lowest BCUT2D eigenvalue weighted by molar-refractivity contribution is -0.143. The fraction of sp³-hybridized carbons (Fsp3) is 0.667. The molecule has 0 radical (unpaired) electrons. The van der Waals surface area contributed by atoms with Gasteiger partial charge >= 0.3 is 6.09 Å². The maximum atomic E-state index is 11.3. The van der Waals surface area contributed by atoms with E-state index in [2.05, 4.69) is 4.74 Å². The molecular formula is C9H15NO4. The van der Waals surface area contributed by atoms with Crippen molar-refractivity contribution in [3.8, 4) is 0 Å². The van der Waals surface area contributed by atoms with Crippen molar-refractivity contribution in [2.75, 3.05) is 0 Å². The maximum absolute atomic E-state index is 11.3. The number of amides is 1. The Morgan fingerprint density at radius 3 is 1.79 bits per heavy atom. The quantitative estimate of drug-likeness (QED) is 0.676. The first-order valence-electron chi connectivity index (χ1n) is 4.21. The fourth-order valence-electron chi connectivity index (χ4n) is 1.11. The first kappa shape index (κ1) is 12.6. The van der Waals surface area contributed by atoms with Gasteiger partial charge in [0.05, 0.1) is 0 Å². The van der Waals surface area contributed by atoms with Crippen LogP contribution in [0.3, 0.4) is 0 Å². The highest BCUT2D eigenvalue weighted by molar-refractivity contribution is 6.05. The Morgan fingerprint density at radius 2 is 1.57 bits per heavy atom. The normalized spacial score (nSPS) is 13.1. The van der Waals surface area contributed by atoms with Crippen molar-refractivity contribution in [2.45, 2.75) is 33.8 Å². The molecule has 0 saturated heterocycles. The fourth-order valence-corrected chi connectivity index (χ4v) is 1.11. The molecule has 0 aliphatic rings. The van der Waals surface area contributed by atoms with Gasteiger partial charge in [-0.15, -0.1) is 0 Å². The molecule has 0 aromatic heterocycles. The number of hydrogen-bond acceptors (Lipinski definition) is 4. The van der Waals surface area contributed by atoms with Gasteiger partial charge in [-0.3, -0.25) is 9.59 Å². The van der Waals surface area contributed by atoms with E-state index in [9.17, 15) is 14.4 Å². The van der Waals surface area contributed by atoms with Gasteiger partial charge in [0.1, 0.15) is 23.1 Å². The summed E-state index contributed by atoms with van der Waals surface area (Å²) >= 11 is 0. The standard InChI is InChI=1S/C9H15NO4/c1-5(11)9(4,6(2)12)7(3)14-8(10)13/h7H,1-4H3,(H2,10,13). The van der Waals surface area contributed by atoms with Crippen molar-refractivity contribution < 1.29 is 19.1 Å².